The average Bonchev–Trinajstić information content (AvgIpc) is 3.26. The van der Waals surface area contributed by atoms with Crippen molar-refractivity contribution in [1.82, 2.24) is 14.1 Å². The second kappa shape index (κ2) is 6.87. The Balaban J connectivity index is 1.88. The maximum Gasteiger partial charge on any atom is 0.267 e. The van der Waals surface area contributed by atoms with E-state index in [0.29, 0.717) is 17.0 Å². The number of hydrogen-bond acceptors (Lipinski definition) is 3. The minimum atomic E-state index is -0.178. The average molecular weight is 377 g/mol. The Kier molecular flexibility index (Phi) is 4.33. The molecule has 0 amide bonds. The van der Waals surface area contributed by atoms with Crippen molar-refractivity contribution in [3.63, 3.8) is 0 Å². The molecule has 5 heteroatoms. The van der Waals surface area contributed by atoms with Crippen LogP contribution in [0.1, 0.15) is 75.6 Å². The number of rotatable bonds is 2. The lowest BCUT2D eigenvalue weighted by atomic mass is 9.88. The van der Waals surface area contributed by atoms with E-state index in [-0.39, 0.29) is 22.4 Å². The Bertz CT molecular complexity index is 1160. The number of aromatic nitrogens is 3. The molecule has 28 heavy (non-hydrogen) atoms. The zero-order chi connectivity index (χ0) is 19.3. The normalized spacial score (nSPS) is 19.0. The summed E-state index contributed by atoms with van der Waals surface area (Å²) in [5, 5.41) is 0.854. The number of pyridine rings is 1. The van der Waals surface area contributed by atoms with E-state index in [2.05, 4.69) is 0 Å². The molecule has 146 valence electrons. The van der Waals surface area contributed by atoms with Gasteiger partial charge in [0.1, 0.15) is 11.2 Å². The lowest BCUT2D eigenvalue weighted by Crippen LogP contribution is -2.34. The van der Waals surface area contributed by atoms with Gasteiger partial charge >= 0.3 is 0 Å². The molecule has 0 atom stereocenters. The SMILES string of the molecule is Cn1c2ccccc2c(=O)c2c(=O)n(C3CCCC3)c(C3CCCCC3)nc21. The standard InChI is InChI=1S/C23H27N3O2/c1-25-18-14-8-7-13-17(18)20(27)19-22(25)24-21(15-9-3-2-4-10-15)26(23(19)28)16-11-5-6-12-16/h7-8,13-16H,2-6,9-12H2,1H3. The van der Waals surface area contributed by atoms with Crippen molar-refractivity contribution >= 4 is 21.9 Å². The summed E-state index contributed by atoms with van der Waals surface area (Å²) in [4.78, 5) is 32.0. The molecule has 0 unspecified atom stereocenters. The molecular weight excluding hydrogens is 350 g/mol. The van der Waals surface area contributed by atoms with Crippen LogP contribution in [0.2, 0.25) is 0 Å². The van der Waals surface area contributed by atoms with Crippen molar-refractivity contribution in [2.24, 2.45) is 7.05 Å². The number of para-hydroxylation sites is 1. The first-order valence-electron chi connectivity index (χ1n) is 10.7. The van der Waals surface area contributed by atoms with Crippen LogP contribution in [0.15, 0.2) is 33.9 Å². The summed E-state index contributed by atoms with van der Waals surface area (Å²) >= 11 is 0. The Morgan fingerprint density at radius 2 is 1.61 bits per heavy atom. The van der Waals surface area contributed by atoms with Crippen molar-refractivity contribution in [2.75, 3.05) is 0 Å². The van der Waals surface area contributed by atoms with Gasteiger partial charge in [-0.25, -0.2) is 4.98 Å². The van der Waals surface area contributed by atoms with Crippen LogP contribution in [0, 0.1) is 0 Å². The number of nitrogens with zero attached hydrogens (tertiary/aromatic N) is 3. The zero-order valence-corrected chi connectivity index (χ0v) is 16.5. The molecule has 0 radical (unpaired) electrons. The van der Waals surface area contributed by atoms with Crippen molar-refractivity contribution in [3.05, 3.63) is 50.7 Å². The molecule has 0 aliphatic heterocycles. The lowest BCUT2D eigenvalue weighted by molar-refractivity contribution is 0.385. The van der Waals surface area contributed by atoms with Gasteiger partial charge in [0, 0.05) is 24.4 Å². The molecule has 0 saturated heterocycles. The molecule has 3 aromatic rings. The number of fused-ring (bicyclic) bond motifs is 2. The van der Waals surface area contributed by atoms with E-state index < -0.39 is 0 Å². The fraction of sp³-hybridized carbons (Fsp3) is 0.522. The number of benzene rings is 1. The molecule has 5 rings (SSSR count). The van der Waals surface area contributed by atoms with Crippen molar-refractivity contribution in [1.29, 1.82) is 0 Å². The third kappa shape index (κ3) is 2.63. The molecule has 1 aromatic carbocycles. The second-order valence-electron chi connectivity index (χ2n) is 8.52. The Labute approximate surface area is 164 Å². The highest BCUT2D eigenvalue weighted by atomic mass is 16.1. The lowest BCUT2D eigenvalue weighted by Gasteiger charge is -2.27. The number of aryl methyl sites for hydroxylation is 1. The summed E-state index contributed by atoms with van der Waals surface area (Å²) in [6, 6.07) is 7.72. The Morgan fingerprint density at radius 3 is 2.36 bits per heavy atom. The maximum atomic E-state index is 13.7. The van der Waals surface area contributed by atoms with Gasteiger partial charge in [-0.05, 0) is 37.8 Å². The molecule has 0 bridgehead atoms. The summed E-state index contributed by atoms with van der Waals surface area (Å²) in [5.74, 6) is 1.25. The second-order valence-corrected chi connectivity index (χ2v) is 8.52. The summed E-state index contributed by atoms with van der Waals surface area (Å²) in [5.41, 5.74) is 1.08. The quantitative estimate of drug-likeness (QED) is 0.622. The summed E-state index contributed by atoms with van der Waals surface area (Å²) in [7, 11) is 1.92. The molecule has 0 N–H and O–H groups in total. The Hall–Kier alpha value is -2.43. The van der Waals surface area contributed by atoms with Gasteiger partial charge < -0.3 is 4.57 Å². The van der Waals surface area contributed by atoms with E-state index in [1.165, 1.54) is 19.3 Å². The smallest absolute Gasteiger partial charge is 0.267 e. The molecular formula is C23H27N3O2. The van der Waals surface area contributed by atoms with Gasteiger partial charge in [0.05, 0.1) is 5.52 Å². The van der Waals surface area contributed by atoms with Crippen LogP contribution in [0.4, 0.5) is 0 Å². The van der Waals surface area contributed by atoms with Crippen LogP contribution < -0.4 is 11.0 Å². The third-order valence-corrected chi connectivity index (χ3v) is 6.84. The predicted octanol–water partition coefficient (Wildman–Crippen LogP) is 4.41. The number of hydrogen-bond donors (Lipinski definition) is 0. The van der Waals surface area contributed by atoms with Crippen LogP contribution in [0.5, 0.6) is 0 Å². The van der Waals surface area contributed by atoms with Gasteiger partial charge in [-0.15, -0.1) is 0 Å². The van der Waals surface area contributed by atoms with Gasteiger partial charge in [0.15, 0.2) is 5.65 Å². The molecule has 2 fully saturated rings. The fourth-order valence-electron chi connectivity index (χ4n) is 5.35. The topological polar surface area (TPSA) is 56.9 Å². The highest BCUT2D eigenvalue weighted by Crippen LogP contribution is 2.36. The molecule has 0 spiro atoms. The van der Waals surface area contributed by atoms with E-state index in [1.807, 2.05) is 40.4 Å². The predicted molar refractivity (Wildman–Crippen MR) is 112 cm³/mol. The van der Waals surface area contributed by atoms with Crippen LogP contribution in [0.3, 0.4) is 0 Å². The van der Waals surface area contributed by atoms with Crippen LogP contribution in [-0.4, -0.2) is 14.1 Å². The summed E-state index contributed by atoms with van der Waals surface area (Å²) in [6.07, 6.45) is 10.2. The van der Waals surface area contributed by atoms with Crippen molar-refractivity contribution in [3.8, 4) is 0 Å². The summed E-state index contributed by atoms with van der Waals surface area (Å²) in [6.45, 7) is 0. The van der Waals surface area contributed by atoms with E-state index in [9.17, 15) is 9.59 Å². The highest BCUT2D eigenvalue weighted by Gasteiger charge is 2.29. The monoisotopic (exact) mass is 377 g/mol. The zero-order valence-electron chi connectivity index (χ0n) is 16.5. The molecule has 2 aromatic heterocycles. The van der Waals surface area contributed by atoms with E-state index >= 15 is 0 Å². The third-order valence-electron chi connectivity index (χ3n) is 6.84. The van der Waals surface area contributed by atoms with Crippen molar-refractivity contribution in [2.45, 2.75) is 69.7 Å². The first-order chi connectivity index (χ1) is 13.7. The van der Waals surface area contributed by atoms with E-state index in [0.717, 1.165) is 49.9 Å². The van der Waals surface area contributed by atoms with E-state index in [1.54, 1.807) is 0 Å². The first kappa shape index (κ1) is 17.7. The summed E-state index contributed by atoms with van der Waals surface area (Å²) < 4.78 is 3.86. The van der Waals surface area contributed by atoms with Crippen LogP contribution in [-0.2, 0) is 7.05 Å². The largest absolute Gasteiger partial charge is 0.328 e. The molecule has 2 heterocycles. The minimum Gasteiger partial charge on any atom is -0.328 e. The molecule has 2 aliphatic rings. The maximum absolute atomic E-state index is 13.7. The van der Waals surface area contributed by atoms with Gasteiger partial charge in [0.2, 0.25) is 5.43 Å². The molecule has 2 aliphatic carbocycles. The van der Waals surface area contributed by atoms with Gasteiger partial charge in [0.25, 0.3) is 5.56 Å². The van der Waals surface area contributed by atoms with E-state index in [4.69, 9.17) is 4.98 Å². The van der Waals surface area contributed by atoms with Crippen LogP contribution in [0.25, 0.3) is 21.9 Å². The molecule has 5 nitrogen and oxygen atoms in total. The molecule has 2 saturated carbocycles. The fourth-order valence-corrected chi connectivity index (χ4v) is 5.35. The van der Waals surface area contributed by atoms with Crippen LogP contribution >= 0.6 is 0 Å². The van der Waals surface area contributed by atoms with Gasteiger partial charge in [-0.1, -0.05) is 44.2 Å². The van der Waals surface area contributed by atoms with Gasteiger partial charge in [-0.2, -0.15) is 0 Å². The van der Waals surface area contributed by atoms with Crippen molar-refractivity contribution < 1.29 is 0 Å². The highest BCUT2D eigenvalue weighted by molar-refractivity contribution is 5.91. The Morgan fingerprint density at radius 1 is 0.929 bits per heavy atom. The van der Waals surface area contributed by atoms with Gasteiger partial charge in [-0.3, -0.25) is 14.2 Å². The minimum absolute atomic E-state index is 0.121. The first-order valence-corrected chi connectivity index (χ1v) is 10.7.